The Kier molecular flexibility index (Phi) is 8.59. The topological polar surface area (TPSA) is 97.0 Å². The van der Waals surface area contributed by atoms with Crippen LogP contribution in [0, 0.1) is 12.7 Å². The third kappa shape index (κ3) is 6.01. The van der Waals surface area contributed by atoms with Gasteiger partial charge in [0.2, 0.25) is 5.91 Å². The van der Waals surface area contributed by atoms with E-state index < -0.39 is 29.2 Å². The lowest BCUT2D eigenvalue weighted by atomic mass is 9.91. The molecule has 5 rings (SSSR count). The van der Waals surface area contributed by atoms with Crippen molar-refractivity contribution in [3.8, 4) is 6.01 Å². The normalized spacial score (nSPS) is 24.7. The number of nitrogen functional groups attached to an aromatic ring is 1. The minimum absolute atomic E-state index is 0.0967. The monoisotopic (exact) mass is 606 g/mol. The van der Waals surface area contributed by atoms with Gasteiger partial charge in [0.05, 0.1) is 29.7 Å². The van der Waals surface area contributed by atoms with Crippen LogP contribution >= 0.6 is 0 Å². The molecule has 0 radical (unpaired) electrons. The molecule has 234 valence electrons. The van der Waals surface area contributed by atoms with Crippen LogP contribution in [0.3, 0.4) is 0 Å². The van der Waals surface area contributed by atoms with Crippen molar-refractivity contribution in [2.45, 2.75) is 77.0 Å². The Morgan fingerprint density at radius 2 is 2.00 bits per heavy atom. The second kappa shape index (κ2) is 11.9. The van der Waals surface area contributed by atoms with Gasteiger partial charge in [0, 0.05) is 48.8 Å². The lowest BCUT2D eigenvalue weighted by Gasteiger charge is -2.45. The Balaban J connectivity index is 1.54. The highest BCUT2D eigenvalue weighted by atomic mass is 19.4. The number of nitrogens with zero attached hydrogens (tertiary/aromatic N) is 5. The van der Waals surface area contributed by atoms with E-state index in [2.05, 4.69) is 16.5 Å². The average molecular weight is 607 g/mol. The van der Waals surface area contributed by atoms with Crippen molar-refractivity contribution >= 4 is 17.4 Å². The summed E-state index contributed by atoms with van der Waals surface area (Å²) in [6.45, 7) is 10.8. The fourth-order valence-corrected chi connectivity index (χ4v) is 6.45. The van der Waals surface area contributed by atoms with Crippen molar-refractivity contribution < 1.29 is 31.8 Å². The fourth-order valence-electron chi connectivity index (χ4n) is 6.45. The zero-order chi connectivity index (χ0) is 31.2. The van der Waals surface area contributed by atoms with Gasteiger partial charge in [-0.2, -0.15) is 23.1 Å². The molecule has 9 nitrogen and oxygen atoms in total. The summed E-state index contributed by atoms with van der Waals surface area (Å²) >= 11 is 0. The predicted molar refractivity (Wildman–Crippen MR) is 153 cm³/mol. The number of carbonyl (C=O) groups is 1. The molecule has 43 heavy (non-hydrogen) atoms. The van der Waals surface area contributed by atoms with Crippen LogP contribution in [0.5, 0.6) is 6.01 Å². The minimum atomic E-state index is -4.82. The smallest absolute Gasteiger partial charge is 0.417 e. The van der Waals surface area contributed by atoms with Crippen LogP contribution in [0.2, 0.25) is 0 Å². The predicted octanol–water partition coefficient (Wildman–Crippen LogP) is 4.42. The molecule has 4 heterocycles. The van der Waals surface area contributed by atoms with Crippen LogP contribution in [0.25, 0.3) is 0 Å². The molecule has 2 N–H and O–H groups in total. The number of carbonyl (C=O) groups excluding carboxylic acids is 1. The number of rotatable bonds is 6. The Morgan fingerprint density at radius 3 is 2.65 bits per heavy atom. The van der Waals surface area contributed by atoms with E-state index in [1.54, 1.807) is 4.90 Å². The van der Waals surface area contributed by atoms with E-state index in [1.807, 2.05) is 25.8 Å². The van der Waals surface area contributed by atoms with E-state index in [9.17, 15) is 18.0 Å². The van der Waals surface area contributed by atoms with Crippen molar-refractivity contribution in [1.82, 2.24) is 19.8 Å². The first-order valence-corrected chi connectivity index (χ1v) is 14.5. The van der Waals surface area contributed by atoms with Crippen LogP contribution in [0.1, 0.15) is 60.7 Å². The van der Waals surface area contributed by atoms with Gasteiger partial charge in [-0.25, -0.2) is 4.39 Å². The number of amides is 1. The van der Waals surface area contributed by atoms with Gasteiger partial charge in [-0.1, -0.05) is 6.58 Å². The highest BCUT2D eigenvalue weighted by Gasteiger charge is 2.42. The molecule has 0 aliphatic carbocycles. The quantitative estimate of drug-likeness (QED) is 0.293. The standard InChI is InChI=1S/C30H38F4N6O3/c1-6-24(41)39-12-18(4)40(13-17(39)3)28-20-15-42-23(25-26(30(32,33)34)16(2)10-21(35)27(25)31)11-22(20)36-29(37-28)43-14-19-8-7-9-38(19)5/h6,10,17-19,23H,1,7-9,11-15,35H2,2-5H3. The first-order chi connectivity index (χ1) is 20.3. The van der Waals surface area contributed by atoms with Crippen molar-refractivity contribution in [2.75, 3.05) is 43.9 Å². The number of alkyl halides is 3. The van der Waals surface area contributed by atoms with Crippen molar-refractivity contribution in [1.29, 1.82) is 0 Å². The molecule has 3 aliphatic rings. The molecule has 1 aromatic heterocycles. The van der Waals surface area contributed by atoms with Gasteiger partial charge in [-0.15, -0.1) is 0 Å². The van der Waals surface area contributed by atoms with Crippen LogP contribution in [0.4, 0.5) is 29.1 Å². The van der Waals surface area contributed by atoms with Gasteiger partial charge in [-0.3, -0.25) is 4.79 Å². The summed E-state index contributed by atoms with van der Waals surface area (Å²) < 4.78 is 69.9. The van der Waals surface area contributed by atoms with E-state index in [0.717, 1.165) is 25.5 Å². The molecule has 4 unspecified atom stereocenters. The Labute approximate surface area is 248 Å². The second-order valence-corrected chi connectivity index (χ2v) is 11.8. The fraction of sp³-hybridized carbons (Fsp3) is 0.567. The lowest BCUT2D eigenvalue weighted by Crippen LogP contribution is -2.58. The summed E-state index contributed by atoms with van der Waals surface area (Å²) in [5.74, 6) is -0.782. The minimum Gasteiger partial charge on any atom is -0.462 e. The zero-order valence-electron chi connectivity index (χ0n) is 24.9. The molecule has 0 bridgehead atoms. The molecule has 2 saturated heterocycles. The SMILES string of the molecule is C=CC(=O)N1CC(C)N(c2nc(OCC3CCCN3C)nc3c2COC(c2c(F)c(N)cc(C)c2C(F)(F)F)C3)CC1C. The summed E-state index contributed by atoms with van der Waals surface area (Å²) in [5, 5.41) is 0. The first-order valence-electron chi connectivity index (χ1n) is 14.5. The van der Waals surface area contributed by atoms with Gasteiger partial charge in [-0.05, 0) is 64.9 Å². The molecule has 1 amide bonds. The summed E-state index contributed by atoms with van der Waals surface area (Å²) in [7, 11) is 2.02. The Hall–Kier alpha value is -3.45. The van der Waals surface area contributed by atoms with Crippen molar-refractivity contribution in [2.24, 2.45) is 0 Å². The number of hydrogen-bond acceptors (Lipinski definition) is 8. The number of anilines is 2. The molecule has 4 atom stereocenters. The third-order valence-corrected chi connectivity index (χ3v) is 8.78. The number of aryl methyl sites for hydroxylation is 1. The number of fused-ring (bicyclic) bond motifs is 1. The number of nitrogens with two attached hydrogens (primary N) is 1. The summed E-state index contributed by atoms with van der Waals surface area (Å²) in [5.41, 5.74) is 4.52. The molecule has 3 aliphatic heterocycles. The van der Waals surface area contributed by atoms with Gasteiger partial charge in [0.1, 0.15) is 12.4 Å². The summed E-state index contributed by atoms with van der Waals surface area (Å²) in [4.78, 5) is 27.8. The van der Waals surface area contributed by atoms with Crippen LogP contribution < -0.4 is 15.4 Å². The van der Waals surface area contributed by atoms with Gasteiger partial charge in [0.25, 0.3) is 0 Å². The number of aromatic nitrogens is 2. The van der Waals surface area contributed by atoms with Crippen molar-refractivity contribution in [3.63, 3.8) is 0 Å². The number of likely N-dealkylation sites (tertiary alicyclic amines) is 1. The van der Waals surface area contributed by atoms with E-state index in [4.69, 9.17) is 20.2 Å². The van der Waals surface area contributed by atoms with Crippen LogP contribution in [-0.2, 0) is 28.7 Å². The van der Waals surface area contributed by atoms with E-state index in [-0.39, 0.29) is 54.3 Å². The van der Waals surface area contributed by atoms with Gasteiger partial charge >= 0.3 is 12.2 Å². The Bertz CT molecular complexity index is 1400. The number of halogens is 4. The van der Waals surface area contributed by atoms with E-state index in [0.29, 0.717) is 36.8 Å². The zero-order valence-corrected chi connectivity index (χ0v) is 24.9. The molecule has 2 aromatic rings. The molecular formula is C30H38F4N6O3. The number of benzene rings is 1. The molecule has 0 saturated carbocycles. The maximum Gasteiger partial charge on any atom is 0.417 e. The summed E-state index contributed by atoms with van der Waals surface area (Å²) in [6.07, 6.45) is -2.92. The second-order valence-electron chi connectivity index (χ2n) is 11.8. The number of ether oxygens (including phenoxy) is 2. The molecule has 13 heteroatoms. The number of hydrogen-bond donors (Lipinski definition) is 1. The maximum atomic E-state index is 15.3. The highest BCUT2D eigenvalue weighted by molar-refractivity contribution is 5.87. The lowest BCUT2D eigenvalue weighted by molar-refractivity contribution is -0.140. The van der Waals surface area contributed by atoms with Crippen LogP contribution in [0.15, 0.2) is 18.7 Å². The van der Waals surface area contributed by atoms with Crippen LogP contribution in [-0.4, -0.2) is 77.1 Å². The molecular weight excluding hydrogens is 568 g/mol. The number of likely N-dealkylation sites (N-methyl/N-ethyl adjacent to an activating group) is 1. The van der Waals surface area contributed by atoms with E-state index >= 15 is 4.39 Å². The largest absolute Gasteiger partial charge is 0.462 e. The first kappa shape index (κ1) is 31.0. The molecule has 1 aromatic carbocycles. The third-order valence-electron chi connectivity index (χ3n) is 8.78. The van der Waals surface area contributed by atoms with Gasteiger partial charge in [0.15, 0.2) is 5.82 Å². The summed E-state index contributed by atoms with van der Waals surface area (Å²) in [6, 6.07) is 0.949. The Morgan fingerprint density at radius 1 is 1.26 bits per heavy atom. The molecule has 2 fully saturated rings. The highest BCUT2D eigenvalue weighted by Crippen LogP contribution is 2.44. The van der Waals surface area contributed by atoms with E-state index in [1.165, 1.54) is 13.0 Å². The average Bonchev–Trinajstić information content (AvgIpc) is 3.37. The van der Waals surface area contributed by atoms with Gasteiger partial charge < -0.3 is 29.9 Å². The van der Waals surface area contributed by atoms with Crippen molar-refractivity contribution in [3.05, 3.63) is 52.5 Å². The maximum absolute atomic E-state index is 15.3. The molecule has 0 spiro atoms. The number of piperazine rings is 1.